The van der Waals surface area contributed by atoms with Gasteiger partial charge in [0.15, 0.2) is 5.13 Å². The topological polar surface area (TPSA) is 80.2 Å². The molecule has 0 bridgehead atoms. The first-order valence-electron chi connectivity index (χ1n) is 10.2. The van der Waals surface area contributed by atoms with Crippen LogP contribution in [0.5, 0.6) is 5.75 Å². The summed E-state index contributed by atoms with van der Waals surface area (Å²) in [6.07, 6.45) is 10.4. The number of likely N-dealkylation sites (tertiary alicyclic amines) is 1. The molecule has 30 heavy (non-hydrogen) atoms. The Kier molecular flexibility index (Phi) is 6.66. The molecule has 3 heterocycles. The number of nitrogens with one attached hydrogen (secondary N) is 1. The van der Waals surface area contributed by atoms with E-state index in [0.29, 0.717) is 29.1 Å². The van der Waals surface area contributed by atoms with Crippen molar-refractivity contribution in [3.8, 4) is 16.3 Å². The number of aromatic nitrogens is 3. The summed E-state index contributed by atoms with van der Waals surface area (Å²) in [7, 11) is 0. The first kappa shape index (κ1) is 20.4. The highest BCUT2D eigenvalue weighted by molar-refractivity contribution is 7.19. The van der Waals surface area contributed by atoms with Gasteiger partial charge in [0.1, 0.15) is 18.1 Å². The normalized spacial score (nSPS) is 16.9. The predicted molar refractivity (Wildman–Crippen MR) is 118 cm³/mol. The molecular formula is C22H25N5O2S. The lowest BCUT2D eigenvalue weighted by atomic mass is 10.0. The predicted octanol–water partition coefficient (Wildman–Crippen LogP) is 4.11. The molecule has 156 valence electrons. The summed E-state index contributed by atoms with van der Waals surface area (Å²) in [5.41, 5.74) is 1.23. The first-order valence-corrected chi connectivity index (χ1v) is 11.0. The van der Waals surface area contributed by atoms with Gasteiger partial charge in [0.2, 0.25) is 0 Å². The lowest BCUT2D eigenvalue weighted by Crippen LogP contribution is -2.40. The molecule has 0 radical (unpaired) electrons. The summed E-state index contributed by atoms with van der Waals surface area (Å²) in [5.74, 6) is 0.349. The van der Waals surface area contributed by atoms with Crippen LogP contribution in [-0.2, 0) is 0 Å². The van der Waals surface area contributed by atoms with E-state index >= 15 is 0 Å². The smallest absolute Gasteiger partial charge is 0.261 e. The van der Waals surface area contributed by atoms with Crippen molar-refractivity contribution in [3.63, 3.8) is 0 Å². The molecule has 1 atom stereocenters. The van der Waals surface area contributed by atoms with Crippen LogP contribution in [0.3, 0.4) is 0 Å². The minimum absolute atomic E-state index is 0.239. The van der Waals surface area contributed by atoms with E-state index in [1.165, 1.54) is 30.6 Å². The SMILES string of the molecule is CC1CCCCN1CCOc1ccccc1C(=O)Nc1ncc(-c2cnccn2)s1. The highest BCUT2D eigenvalue weighted by atomic mass is 32.1. The fraction of sp³-hybridized carbons (Fsp3) is 0.364. The van der Waals surface area contributed by atoms with Crippen molar-refractivity contribution >= 4 is 22.4 Å². The Morgan fingerprint density at radius 2 is 2.13 bits per heavy atom. The first-order chi connectivity index (χ1) is 14.7. The molecule has 0 aliphatic carbocycles. The van der Waals surface area contributed by atoms with E-state index in [2.05, 4.69) is 32.1 Å². The molecule has 1 aliphatic rings. The van der Waals surface area contributed by atoms with Gasteiger partial charge in [-0.15, -0.1) is 0 Å². The van der Waals surface area contributed by atoms with Crippen LogP contribution in [0.1, 0.15) is 36.5 Å². The van der Waals surface area contributed by atoms with Crippen LogP contribution in [0.15, 0.2) is 49.1 Å². The average molecular weight is 424 g/mol. The Morgan fingerprint density at radius 3 is 2.97 bits per heavy atom. The Morgan fingerprint density at radius 1 is 1.23 bits per heavy atom. The van der Waals surface area contributed by atoms with Gasteiger partial charge in [-0.25, -0.2) is 4.98 Å². The number of para-hydroxylation sites is 1. The number of piperidine rings is 1. The fourth-order valence-corrected chi connectivity index (χ4v) is 4.36. The van der Waals surface area contributed by atoms with Crippen molar-refractivity contribution in [2.24, 2.45) is 0 Å². The second kappa shape index (κ2) is 9.77. The summed E-state index contributed by atoms with van der Waals surface area (Å²) in [5, 5.41) is 3.38. The maximum Gasteiger partial charge on any atom is 0.261 e. The summed E-state index contributed by atoms with van der Waals surface area (Å²) in [6, 6.07) is 7.91. The number of nitrogens with zero attached hydrogens (tertiary/aromatic N) is 4. The second-order valence-electron chi connectivity index (χ2n) is 7.30. The molecule has 1 aromatic carbocycles. The maximum absolute atomic E-state index is 12.8. The lowest BCUT2D eigenvalue weighted by molar-refractivity contribution is 0.101. The van der Waals surface area contributed by atoms with E-state index in [9.17, 15) is 4.79 Å². The molecular weight excluding hydrogens is 398 g/mol. The molecule has 0 saturated carbocycles. The number of thiazole rings is 1. The van der Waals surface area contributed by atoms with E-state index in [1.54, 1.807) is 30.9 Å². The summed E-state index contributed by atoms with van der Waals surface area (Å²) < 4.78 is 5.98. The molecule has 7 nitrogen and oxygen atoms in total. The molecule has 1 fully saturated rings. The minimum atomic E-state index is -0.239. The number of rotatable bonds is 7. The average Bonchev–Trinajstić information content (AvgIpc) is 3.24. The van der Waals surface area contributed by atoms with Crippen LogP contribution < -0.4 is 10.1 Å². The van der Waals surface area contributed by atoms with Gasteiger partial charge in [0.25, 0.3) is 5.91 Å². The molecule has 1 aliphatic heterocycles. The number of carbonyl (C=O) groups is 1. The molecule has 1 N–H and O–H groups in total. The Hall–Kier alpha value is -2.84. The third-order valence-electron chi connectivity index (χ3n) is 5.25. The monoisotopic (exact) mass is 423 g/mol. The molecule has 1 unspecified atom stereocenters. The minimum Gasteiger partial charge on any atom is -0.491 e. The molecule has 4 rings (SSSR count). The third kappa shape index (κ3) is 5.01. The van der Waals surface area contributed by atoms with Gasteiger partial charge in [0, 0.05) is 31.2 Å². The number of hydrogen-bond acceptors (Lipinski definition) is 7. The van der Waals surface area contributed by atoms with Gasteiger partial charge in [-0.2, -0.15) is 0 Å². The quantitative estimate of drug-likeness (QED) is 0.616. The van der Waals surface area contributed by atoms with Crippen LogP contribution >= 0.6 is 11.3 Å². The summed E-state index contributed by atoms with van der Waals surface area (Å²) >= 11 is 1.36. The van der Waals surface area contributed by atoms with Crippen molar-refractivity contribution in [2.45, 2.75) is 32.2 Å². The number of hydrogen-bond donors (Lipinski definition) is 1. The molecule has 3 aromatic rings. The molecule has 8 heteroatoms. The lowest BCUT2D eigenvalue weighted by Gasteiger charge is -2.33. The van der Waals surface area contributed by atoms with E-state index in [-0.39, 0.29) is 5.91 Å². The molecule has 0 spiro atoms. The largest absolute Gasteiger partial charge is 0.491 e. The van der Waals surface area contributed by atoms with Gasteiger partial charge in [0.05, 0.1) is 16.6 Å². The molecule has 1 saturated heterocycles. The zero-order chi connectivity index (χ0) is 20.8. The van der Waals surface area contributed by atoms with Crippen molar-refractivity contribution in [1.82, 2.24) is 19.9 Å². The second-order valence-corrected chi connectivity index (χ2v) is 8.33. The van der Waals surface area contributed by atoms with Crippen LogP contribution in [0.4, 0.5) is 5.13 Å². The van der Waals surface area contributed by atoms with Crippen LogP contribution in [0.25, 0.3) is 10.6 Å². The Bertz CT molecular complexity index is 978. The van der Waals surface area contributed by atoms with Crippen LogP contribution in [-0.4, -0.2) is 51.5 Å². The van der Waals surface area contributed by atoms with Gasteiger partial charge in [-0.3, -0.25) is 25.0 Å². The number of anilines is 1. The zero-order valence-corrected chi connectivity index (χ0v) is 17.8. The third-order valence-corrected chi connectivity index (χ3v) is 6.19. The number of ether oxygens (including phenoxy) is 1. The van der Waals surface area contributed by atoms with Gasteiger partial charge >= 0.3 is 0 Å². The van der Waals surface area contributed by atoms with Crippen molar-refractivity contribution in [2.75, 3.05) is 25.0 Å². The summed E-state index contributed by atoms with van der Waals surface area (Å²) in [4.78, 5) is 28.8. The van der Waals surface area contributed by atoms with E-state index in [0.717, 1.165) is 23.7 Å². The Balaban J connectivity index is 1.38. The van der Waals surface area contributed by atoms with E-state index in [4.69, 9.17) is 4.74 Å². The highest BCUT2D eigenvalue weighted by Gasteiger charge is 2.19. The maximum atomic E-state index is 12.8. The standard InChI is InChI=1S/C22H25N5O2S/c1-16-6-4-5-11-27(16)12-13-29-19-8-3-2-7-17(19)21(28)26-22-25-15-20(30-22)18-14-23-9-10-24-18/h2-3,7-10,14-16H,4-6,11-13H2,1H3,(H,25,26,28). The molecule has 2 aromatic heterocycles. The van der Waals surface area contributed by atoms with Crippen molar-refractivity contribution in [1.29, 1.82) is 0 Å². The summed E-state index contributed by atoms with van der Waals surface area (Å²) in [6.45, 7) is 4.81. The Labute approximate surface area is 180 Å². The van der Waals surface area contributed by atoms with Crippen molar-refractivity contribution in [3.05, 3.63) is 54.6 Å². The highest BCUT2D eigenvalue weighted by Crippen LogP contribution is 2.28. The van der Waals surface area contributed by atoms with Gasteiger partial charge < -0.3 is 4.74 Å². The fourth-order valence-electron chi connectivity index (χ4n) is 3.58. The number of amides is 1. The van der Waals surface area contributed by atoms with E-state index < -0.39 is 0 Å². The number of benzene rings is 1. The van der Waals surface area contributed by atoms with Gasteiger partial charge in [-0.05, 0) is 38.4 Å². The van der Waals surface area contributed by atoms with Crippen LogP contribution in [0, 0.1) is 0 Å². The zero-order valence-electron chi connectivity index (χ0n) is 17.0. The van der Waals surface area contributed by atoms with Crippen LogP contribution in [0.2, 0.25) is 0 Å². The number of carbonyl (C=O) groups excluding carboxylic acids is 1. The van der Waals surface area contributed by atoms with Gasteiger partial charge in [-0.1, -0.05) is 29.9 Å². The van der Waals surface area contributed by atoms with E-state index in [1.807, 2.05) is 18.2 Å². The van der Waals surface area contributed by atoms with Crippen molar-refractivity contribution < 1.29 is 9.53 Å². The molecule has 1 amide bonds.